The number of rotatable bonds is 5. The molecular weight excluding hydrogens is 330 g/mol. The fourth-order valence-corrected chi connectivity index (χ4v) is 4.71. The highest BCUT2D eigenvalue weighted by Gasteiger charge is 2.68. The smallest absolute Gasteiger partial charge is 0.236 e. The average Bonchev–Trinajstić information content (AvgIpc) is 3.38. The number of benzene rings is 1. The highest BCUT2D eigenvalue weighted by atomic mass is 16.3. The van der Waals surface area contributed by atoms with Crippen LogP contribution in [0.5, 0.6) is 0 Å². The predicted octanol–water partition coefficient (Wildman–Crippen LogP) is 0.526. The zero-order valence-electron chi connectivity index (χ0n) is 15.5. The lowest BCUT2D eigenvalue weighted by atomic mass is 9.60. The van der Waals surface area contributed by atoms with Crippen LogP contribution in [0.1, 0.15) is 24.3 Å². The third kappa shape index (κ3) is 2.63. The van der Waals surface area contributed by atoms with Crippen molar-refractivity contribution in [2.24, 2.45) is 5.92 Å². The van der Waals surface area contributed by atoms with Gasteiger partial charge in [-0.05, 0) is 32.5 Å². The molecule has 1 N–H and O–H groups in total. The molecule has 2 heterocycles. The second kappa shape index (κ2) is 6.35. The molecule has 2 aliphatic heterocycles. The maximum atomic E-state index is 12.9. The van der Waals surface area contributed by atoms with Crippen LogP contribution >= 0.6 is 0 Å². The van der Waals surface area contributed by atoms with Crippen molar-refractivity contribution < 1.29 is 14.7 Å². The van der Waals surface area contributed by atoms with Gasteiger partial charge in [0, 0.05) is 24.9 Å². The van der Waals surface area contributed by atoms with Crippen LogP contribution in [0.25, 0.3) is 0 Å². The highest BCUT2D eigenvalue weighted by molar-refractivity contribution is 5.86. The summed E-state index contributed by atoms with van der Waals surface area (Å²) >= 11 is 0. The number of carbonyl (C=O) groups excluding carboxylic acids is 2. The number of likely N-dealkylation sites (tertiary alicyclic amines) is 2. The molecule has 0 bridgehead atoms. The molecule has 0 aromatic heterocycles. The van der Waals surface area contributed by atoms with Crippen LogP contribution in [0.3, 0.4) is 0 Å². The lowest BCUT2D eigenvalue weighted by molar-refractivity contribution is -0.204. The minimum Gasteiger partial charge on any atom is -0.394 e. The molecule has 4 rings (SSSR count). The third-order valence-corrected chi connectivity index (χ3v) is 6.02. The fraction of sp³-hybridized carbons (Fsp3) is 0.600. The molecule has 0 unspecified atom stereocenters. The molecule has 1 spiro atoms. The molecule has 2 amide bonds. The van der Waals surface area contributed by atoms with Crippen LogP contribution in [0.2, 0.25) is 0 Å². The minimum absolute atomic E-state index is 0.0363. The summed E-state index contributed by atoms with van der Waals surface area (Å²) in [6.45, 7) is 1.47. The molecule has 3 aliphatic rings. The predicted molar refractivity (Wildman–Crippen MR) is 97.5 cm³/mol. The van der Waals surface area contributed by atoms with Crippen LogP contribution in [-0.2, 0) is 9.59 Å². The molecular formula is C20H27N3O3. The van der Waals surface area contributed by atoms with Crippen molar-refractivity contribution in [1.29, 1.82) is 0 Å². The van der Waals surface area contributed by atoms with Crippen LogP contribution in [0, 0.1) is 5.92 Å². The van der Waals surface area contributed by atoms with Gasteiger partial charge in [0.25, 0.3) is 0 Å². The van der Waals surface area contributed by atoms with E-state index in [1.807, 2.05) is 47.0 Å². The molecule has 0 radical (unpaired) electrons. The van der Waals surface area contributed by atoms with Crippen molar-refractivity contribution in [3.8, 4) is 0 Å². The molecule has 1 aromatic carbocycles. The van der Waals surface area contributed by atoms with Gasteiger partial charge < -0.3 is 19.8 Å². The van der Waals surface area contributed by atoms with Crippen LogP contribution in [0.4, 0.5) is 0 Å². The van der Waals surface area contributed by atoms with Crippen molar-refractivity contribution in [3.63, 3.8) is 0 Å². The molecule has 2 atom stereocenters. The summed E-state index contributed by atoms with van der Waals surface area (Å²) in [4.78, 5) is 30.9. The number of hydrogen-bond donors (Lipinski definition) is 1. The van der Waals surface area contributed by atoms with E-state index in [2.05, 4.69) is 12.1 Å². The summed E-state index contributed by atoms with van der Waals surface area (Å²) in [7, 11) is 3.77. The van der Waals surface area contributed by atoms with Gasteiger partial charge >= 0.3 is 0 Å². The van der Waals surface area contributed by atoms with Gasteiger partial charge in [0.2, 0.25) is 11.8 Å². The van der Waals surface area contributed by atoms with E-state index >= 15 is 0 Å². The van der Waals surface area contributed by atoms with Gasteiger partial charge in [0.1, 0.15) is 0 Å². The number of aliphatic hydroxyl groups excluding tert-OH is 1. The Hall–Kier alpha value is -1.92. The number of likely N-dealkylation sites (N-methyl/N-ethyl adjacent to an activating group) is 1. The summed E-state index contributed by atoms with van der Waals surface area (Å²) in [5.41, 5.74) is 0.794. The Balaban J connectivity index is 1.60. The molecule has 26 heavy (non-hydrogen) atoms. The Morgan fingerprint density at radius 2 is 1.85 bits per heavy atom. The van der Waals surface area contributed by atoms with Crippen molar-refractivity contribution in [2.75, 3.05) is 40.3 Å². The summed E-state index contributed by atoms with van der Waals surface area (Å²) in [6.07, 6.45) is 1.89. The number of amides is 2. The average molecular weight is 357 g/mol. The van der Waals surface area contributed by atoms with E-state index in [4.69, 9.17) is 0 Å². The summed E-state index contributed by atoms with van der Waals surface area (Å²) in [6, 6.07) is 9.92. The van der Waals surface area contributed by atoms with Gasteiger partial charge in [-0.3, -0.25) is 9.59 Å². The first-order valence-electron chi connectivity index (χ1n) is 9.39. The Bertz CT molecular complexity index is 696. The van der Waals surface area contributed by atoms with Crippen molar-refractivity contribution in [2.45, 2.75) is 30.3 Å². The molecule has 2 saturated heterocycles. The van der Waals surface area contributed by atoms with Crippen LogP contribution in [0.15, 0.2) is 30.3 Å². The van der Waals surface area contributed by atoms with Gasteiger partial charge in [0.15, 0.2) is 0 Å². The van der Waals surface area contributed by atoms with Crippen LogP contribution in [-0.4, -0.2) is 83.5 Å². The third-order valence-electron chi connectivity index (χ3n) is 6.02. The maximum Gasteiger partial charge on any atom is 0.236 e. The molecule has 140 valence electrons. The van der Waals surface area contributed by atoms with E-state index in [1.54, 1.807) is 0 Å². The lowest BCUT2D eigenvalue weighted by Crippen LogP contribution is -2.86. The van der Waals surface area contributed by atoms with E-state index in [0.717, 1.165) is 18.4 Å². The molecule has 1 saturated carbocycles. The number of nitrogens with zero attached hydrogens (tertiary/aromatic N) is 3. The monoisotopic (exact) mass is 357 g/mol. The van der Waals surface area contributed by atoms with E-state index in [9.17, 15) is 14.7 Å². The summed E-state index contributed by atoms with van der Waals surface area (Å²) in [5, 5.41) is 10.0. The van der Waals surface area contributed by atoms with Gasteiger partial charge in [-0.25, -0.2) is 0 Å². The topological polar surface area (TPSA) is 64.1 Å². The zero-order chi connectivity index (χ0) is 18.5. The second-order valence-corrected chi connectivity index (χ2v) is 8.21. The van der Waals surface area contributed by atoms with Crippen LogP contribution < -0.4 is 0 Å². The largest absolute Gasteiger partial charge is 0.394 e. The minimum atomic E-state index is -0.351. The summed E-state index contributed by atoms with van der Waals surface area (Å²) < 4.78 is 0. The van der Waals surface area contributed by atoms with Crippen molar-refractivity contribution in [3.05, 3.63) is 35.9 Å². The van der Waals surface area contributed by atoms with E-state index < -0.39 is 0 Å². The molecule has 1 aromatic rings. The Morgan fingerprint density at radius 1 is 1.19 bits per heavy atom. The SMILES string of the molecule is CN(C)CC(=O)N1CC2(C1)[C@@H](c1ccccc1)[C@H](CO)N2C(=O)C1CC1. The lowest BCUT2D eigenvalue weighted by Gasteiger charge is -2.70. The first-order chi connectivity index (χ1) is 12.5. The number of carbonyl (C=O) groups is 2. The maximum absolute atomic E-state index is 12.9. The van der Waals surface area contributed by atoms with E-state index in [1.165, 1.54) is 0 Å². The molecule has 3 fully saturated rings. The van der Waals surface area contributed by atoms with Crippen molar-refractivity contribution >= 4 is 11.8 Å². The quantitative estimate of drug-likeness (QED) is 0.835. The molecule has 1 aliphatic carbocycles. The first-order valence-corrected chi connectivity index (χ1v) is 9.39. The molecule has 6 nitrogen and oxygen atoms in total. The van der Waals surface area contributed by atoms with E-state index in [-0.39, 0.29) is 41.8 Å². The molecule has 6 heteroatoms. The van der Waals surface area contributed by atoms with E-state index in [0.29, 0.717) is 19.6 Å². The number of hydrogen-bond acceptors (Lipinski definition) is 4. The second-order valence-electron chi connectivity index (χ2n) is 8.21. The summed E-state index contributed by atoms with van der Waals surface area (Å²) in [5.74, 6) is 0.457. The standard InChI is InChI=1S/C20H27N3O3/c1-21(2)10-17(25)22-12-20(13-22)18(14-6-4-3-5-7-14)16(11-24)23(20)19(26)15-8-9-15/h3-7,15-16,18,24H,8-13H2,1-2H3/t16-,18-/m0/s1. The van der Waals surface area contributed by atoms with Gasteiger partial charge in [-0.15, -0.1) is 0 Å². The van der Waals surface area contributed by atoms with Crippen molar-refractivity contribution in [1.82, 2.24) is 14.7 Å². The van der Waals surface area contributed by atoms with Gasteiger partial charge in [-0.2, -0.15) is 0 Å². The Kier molecular flexibility index (Phi) is 4.28. The number of aliphatic hydroxyl groups is 1. The first kappa shape index (κ1) is 17.5. The Labute approximate surface area is 154 Å². The van der Waals surface area contributed by atoms with Gasteiger partial charge in [-0.1, -0.05) is 30.3 Å². The highest BCUT2D eigenvalue weighted by Crippen LogP contribution is 2.55. The fourth-order valence-electron chi connectivity index (χ4n) is 4.71. The normalized spacial score (nSPS) is 26.6. The Morgan fingerprint density at radius 3 is 2.38 bits per heavy atom. The zero-order valence-corrected chi connectivity index (χ0v) is 15.5. The van der Waals surface area contributed by atoms with Gasteiger partial charge in [0.05, 0.1) is 24.7 Å².